The number of aliphatic hydroxyl groups is 1. The molecule has 21 heavy (non-hydrogen) atoms. The zero-order valence-electron chi connectivity index (χ0n) is 11.0. The number of halogens is 2. The Morgan fingerprint density at radius 2 is 1.95 bits per heavy atom. The van der Waals surface area contributed by atoms with Gasteiger partial charge in [-0.15, -0.1) is 0 Å². The van der Waals surface area contributed by atoms with Crippen LogP contribution in [0.1, 0.15) is 11.1 Å². The molecule has 8 heteroatoms. The van der Waals surface area contributed by atoms with E-state index in [-0.39, 0.29) is 11.3 Å². The molecule has 0 radical (unpaired) electrons. The molecule has 1 aromatic carbocycles. The van der Waals surface area contributed by atoms with Crippen molar-refractivity contribution in [2.75, 3.05) is 4.72 Å². The number of aliphatic hydroxyl groups excluding tert-OH is 1. The largest absolute Gasteiger partial charge is 0.392 e. The van der Waals surface area contributed by atoms with Crippen LogP contribution < -0.4 is 4.72 Å². The van der Waals surface area contributed by atoms with Crippen LogP contribution in [-0.2, 0) is 16.6 Å². The number of nitrogens with one attached hydrogen (secondary N) is 1. The van der Waals surface area contributed by atoms with E-state index in [9.17, 15) is 17.2 Å². The van der Waals surface area contributed by atoms with Crippen molar-refractivity contribution in [1.29, 1.82) is 0 Å². The van der Waals surface area contributed by atoms with E-state index in [0.29, 0.717) is 5.56 Å². The Labute approximate surface area is 120 Å². The molecule has 0 spiro atoms. The maximum Gasteiger partial charge on any atom is 0.264 e. The summed E-state index contributed by atoms with van der Waals surface area (Å²) in [5.41, 5.74) is 0.784. The molecule has 0 amide bonds. The third-order valence-corrected chi connectivity index (χ3v) is 4.03. The molecule has 1 aromatic heterocycles. The van der Waals surface area contributed by atoms with Crippen LogP contribution in [0, 0.1) is 18.6 Å². The zero-order chi connectivity index (χ0) is 15.6. The summed E-state index contributed by atoms with van der Waals surface area (Å²) in [5, 5.41) is 8.95. The first-order chi connectivity index (χ1) is 9.83. The highest BCUT2D eigenvalue weighted by Crippen LogP contribution is 2.22. The van der Waals surface area contributed by atoms with Crippen LogP contribution >= 0.6 is 0 Å². The van der Waals surface area contributed by atoms with Gasteiger partial charge in [0.25, 0.3) is 10.0 Å². The van der Waals surface area contributed by atoms with Crippen molar-refractivity contribution in [2.24, 2.45) is 0 Å². The van der Waals surface area contributed by atoms with Crippen molar-refractivity contribution in [1.82, 2.24) is 4.98 Å². The highest BCUT2D eigenvalue weighted by atomic mass is 32.2. The molecule has 0 fully saturated rings. The van der Waals surface area contributed by atoms with Gasteiger partial charge in [0.05, 0.1) is 18.5 Å². The topological polar surface area (TPSA) is 79.3 Å². The summed E-state index contributed by atoms with van der Waals surface area (Å²) in [6.07, 6.45) is 2.76. The van der Waals surface area contributed by atoms with Crippen LogP contribution in [0.5, 0.6) is 0 Å². The van der Waals surface area contributed by atoms with E-state index in [1.54, 1.807) is 6.92 Å². The lowest BCUT2D eigenvalue weighted by Gasteiger charge is -2.10. The number of pyridine rings is 1. The highest BCUT2D eigenvalue weighted by molar-refractivity contribution is 7.92. The van der Waals surface area contributed by atoms with Gasteiger partial charge in [0.1, 0.15) is 4.90 Å². The van der Waals surface area contributed by atoms with E-state index < -0.39 is 33.2 Å². The molecule has 2 aromatic rings. The first-order valence-electron chi connectivity index (χ1n) is 5.87. The Balaban J connectivity index is 2.47. The molecule has 0 aliphatic carbocycles. The normalized spacial score (nSPS) is 11.4. The first-order valence-corrected chi connectivity index (χ1v) is 7.35. The van der Waals surface area contributed by atoms with Gasteiger partial charge in [-0.25, -0.2) is 17.2 Å². The lowest BCUT2D eigenvalue weighted by atomic mass is 10.2. The SMILES string of the molecule is Cc1cncc(NS(=O)(=O)c2cc(CO)cc(F)c2F)c1. The van der Waals surface area contributed by atoms with Crippen LogP contribution in [-0.4, -0.2) is 18.5 Å². The van der Waals surface area contributed by atoms with Gasteiger partial charge in [-0.2, -0.15) is 0 Å². The Kier molecular flexibility index (Phi) is 4.19. The minimum absolute atomic E-state index is 0.0448. The molecule has 112 valence electrons. The molecule has 0 aliphatic heterocycles. The smallest absolute Gasteiger partial charge is 0.264 e. The van der Waals surface area contributed by atoms with E-state index >= 15 is 0 Å². The fourth-order valence-corrected chi connectivity index (χ4v) is 2.90. The predicted octanol–water partition coefficient (Wildman–Crippen LogP) is 1.96. The summed E-state index contributed by atoms with van der Waals surface area (Å²) in [6, 6.07) is 3.11. The molecule has 0 saturated heterocycles. The van der Waals surface area contributed by atoms with E-state index in [0.717, 1.165) is 12.1 Å². The number of anilines is 1. The standard InChI is InChI=1S/C13H12F2N2O3S/c1-8-2-10(6-16-5-8)17-21(19,20)12-4-9(7-18)3-11(14)13(12)15/h2-6,17-18H,7H2,1H3. The van der Waals surface area contributed by atoms with Crippen molar-refractivity contribution in [2.45, 2.75) is 18.4 Å². The van der Waals surface area contributed by atoms with Crippen LogP contribution in [0.4, 0.5) is 14.5 Å². The molecular formula is C13H12F2N2O3S. The highest BCUT2D eigenvalue weighted by Gasteiger charge is 2.23. The average Bonchev–Trinajstić information content (AvgIpc) is 2.41. The van der Waals surface area contributed by atoms with E-state index in [1.165, 1.54) is 18.5 Å². The lowest BCUT2D eigenvalue weighted by Crippen LogP contribution is -2.16. The monoisotopic (exact) mass is 314 g/mol. The summed E-state index contributed by atoms with van der Waals surface area (Å²) in [7, 11) is -4.33. The molecule has 5 nitrogen and oxygen atoms in total. The number of rotatable bonds is 4. The second kappa shape index (κ2) is 5.74. The maximum atomic E-state index is 13.7. The molecule has 0 saturated carbocycles. The van der Waals surface area contributed by atoms with Crippen molar-refractivity contribution < 1.29 is 22.3 Å². The molecule has 1 heterocycles. The van der Waals surface area contributed by atoms with Crippen molar-refractivity contribution in [3.63, 3.8) is 0 Å². The summed E-state index contributed by atoms with van der Waals surface area (Å²) < 4.78 is 53.4. The van der Waals surface area contributed by atoms with E-state index in [2.05, 4.69) is 9.71 Å². The van der Waals surface area contributed by atoms with Crippen LogP contribution in [0.25, 0.3) is 0 Å². The van der Waals surface area contributed by atoms with Crippen LogP contribution in [0.2, 0.25) is 0 Å². The molecule has 2 N–H and O–H groups in total. The second-order valence-corrected chi connectivity index (χ2v) is 6.06. The van der Waals surface area contributed by atoms with Crippen LogP contribution in [0.15, 0.2) is 35.5 Å². The van der Waals surface area contributed by atoms with E-state index in [1.807, 2.05) is 0 Å². The van der Waals surface area contributed by atoms with Gasteiger partial charge in [-0.1, -0.05) is 0 Å². The van der Waals surface area contributed by atoms with Crippen molar-refractivity contribution in [3.8, 4) is 0 Å². The number of hydrogen-bond acceptors (Lipinski definition) is 4. The van der Waals surface area contributed by atoms with Gasteiger partial charge in [0.2, 0.25) is 0 Å². The third-order valence-electron chi connectivity index (χ3n) is 2.65. The molecule has 0 atom stereocenters. The van der Waals surface area contributed by atoms with E-state index in [4.69, 9.17) is 5.11 Å². The number of nitrogens with zero attached hydrogens (tertiary/aromatic N) is 1. The van der Waals surface area contributed by atoms with Gasteiger partial charge in [-0.05, 0) is 36.2 Å². The average molecular weight is 314 g/mol. The minimum atomic E-state index is -4.33. The second-order valence-electron chi connectivity index (χ2n) is 4.40. The molecular weight excluding hydrogens is 302 g/mol. The molecule has 0 unspecified atom stereocenters. The Hall–Kier alpha value is -2.06. The maximum absolute atomic E-state index is 13.7. The quantitative estimate of drug-likeness (QED) is 0.904. The Bertz CT molecular complexity index is 779. The fraction of sp³-hybridized carbons (Fsp3) is 0.154. The molecule has 0 bridgehead atoms. The van der Waals surface area contributed by atoms with Gasteiger partial charge in [0.15, 0.2) is 11.6 Å². The third kappa shape index (κ3) is 3.34. The van der Waals surface area contributed by atoms with Crippen molar-refractivity contribution in [3.05, 3.63) is 53.4 Å². The zero-order valence-corrected chi connectivity index (χ0v) is 11.8. The molecule has 0 aliphatic rings. The lowest BCUT2D eigenvalue weighted by molar-refractivity contribution is 0.280. The van der Waals surface area contributed by atoms with Gasteiger partial charge in [-0.3, -0.25) is 9.71 Å². The summed E-state index contributed by atoms with van der Waals surface area (Å²) in [6.45, 7) is 1.10. The van der Waals surface area contributed by atoms with Crippen LogP contribution in [0.3, 0.4) is 0 Å². The number of sulfonamides is 1. The van der Waals surface area contributed by atoms with Gasteiger partial charge < -0.3 is 5.11 Å². The number of hydrogen-bond donors (Lipinski definition) is 2. The predicted molar refractivity (Wildman–Crippen MR) is 72.1 cm³/mol. The Morgan fingerprint density at radius 3 is 2.57 bits per heavy atom. The summed E-state index contributed by atoms with van der Waals surface area (Å²) in [5.74, 6) is -2.84. The van der Waals surface area contributed by atoms with Gasteiger partial charge >= 0.3 is 0 Å². The summed E-state index contributed by atoms with van der Waals surface area (Å²) >= 11 is 0. The van der Waals surface area contributed by atoms with Crippen molar-refractivity contribution >= 4 is 15.7 Å². The summed E-state index contributed by atoms with van der Waals surface area (Å²) in [4.78, 5) is 2.93. The number of aromatic nitrogens is 1. The molecule has 2 rings (SSSR count). The fourth-order valence-electron chi connectivity index (χ4n) is 1.72. The Morgan fingerprint density at radius 1 is 1.24 bits per heavy atom. The minimum Gasteiger partial charge on any atom is -0.392 e. The number of aryl methyl sites for hydroxylation is 1. The van der Waals surface area contributed by atoms with Gasteiger partial charge in [0, 0.05) is 6.20 Å². The number of benzene rings is 1. The first kappa shape index (κ1) is 15.3.